The Morgan fingerprint density at radius 1 is 1.19 bits per heavy atom. The van der Waals surface area contributed by atoms with E-state index in [-0.39, 0.29) is 12.5 Å². The second-order valence-electron chi connectivity index (χ2n) is 4.85. The highest BCUT2D eigenvalue weighted by Crippen LogP contribution is 2.15. The van der Waals surface area contributed by atoms with Crippen LogP contribution >= 0.6 is 11.3 Å². The summed E-state index contributed by atoms with van der Waals surface area (Å²) in [5, 5.41) is 12.0. The van der Waals surface area contributed by atoms with Crippen LogP contribution in [0.3, 0.4) is 0 Å². The molecule has 1 aromatic carbocycles. The number of thiophene rings is 1. The van der Waals surface area contributed by atoms with E-state index in [0.29, 0.717) is 11.3 Å². The van der Waals surface area contributed by atoms with Gasteiger partial charge in [-0.15, -0.1) is 11.3 Å². The molecule has 1 aromatic heterocycles. The predicted octanol–water partition coefficient (Wildman–Crippen LogP) is 2.73. The van der Waals surface area contributed by atoms with Gasteiger partial charge in [0.1, 0.15) is 0 Å². The lowest BCUT2D eigenvalue weighted by Gasteiger charge is -2.13. The molecule has 21 heavy (non-hydrogen) atoms. The fourth-order valence-corrected chi connectivity index (χ4v) is 2.79. The zero-order valence-electron chi connectivity index (χ0n) is 11.7. The van der Waals surface area contributed by atoms with Crippen LogP contribution < -0.4 is 5.32 Å². The lowest BCUT2D eigenvalue weighted by molar-refractivity contribution is -0.141. The molecule has 0 aliphatic rings. The summed E-state index contributed by atoms with van der Waals surface area (Å²) < 4.78 is 0. The van der Waals surface area contributed by atoms with Gasteiger partial charge in [-0.05, 0) is 31.0 Å². The number of carbonyl (C=O) groups is 2. The molecule has 0 saturated carbocycles. The third-order valence-corrected chi connectivity index (χ3v) is 4.15. The normalized spacial score (nSPS) is 11.9. The van der Waals surface area contributed by atoms with Gasteiger partial charge in [-0.1, -0.05) is 30.3 Å². The Bertz CT molecular complexity index is 621. The number of aryl methyl sites for hydroxylation is 1. The summed E-state index contributed by atoms with van der Waals surface area (Å²) in [4.78, 5) is 24.9. The molecule has 2 aromatic rings. The van der Waals surface area contributed by atoms with Crippen molar-refractivity contribution in [3.8, 4) is 0 Å². The van der Waals surface area contributed by atoms with E-state index in [4.69, 9.17) is 0 Å². The largest absolute Gasteiger partial charge is 0.481 e. The second-order valence-corrected chi connectivity index (χ2v) is 6.13. The van der Waals surface area contributed by atoms with E-state index in [1.165, 1.54) is 11.3 Å². The number of hydrogen-bond donors (Lipinski definition) is 2. The fourth-order valence-electron chi connectivity index (χ4n) is 2.00. The van der Waals surface area contributed by atoms with Crippen molar-refractivity contribution in [2.45, 2.75) is 13.3 Å². The first-order valence-electron chi connectivity index (χ1n) is 6.67. The number of hydrogen-bond acceptors (Lipinski definition) is 3. The molecule has 1 amide bonds. The van der Waals surface area contributed by atoms with Crippen LogP contribution in [0.25, 0.3) is 0 Å². The molecule has 0 unspecified atom stereocenters. The van der Waals surface area contributed by atoms with Crippen LogP contribution in [0, 0.1) is 12.8 Å². The first kappa shape index (κ1) is 15.3. The summed E-state index contributed by atoms with van der Waals surface area (Å²) in [6.45, 7) is 2.05. The highest BCUT2D eigenvalue weighted by atomic mass is 32.1. The molecule has 5 heteroatoms. The number of aliphatic carboxylic acids is 1. The number of rotatable bonds is 6. The van der Waals surface area contributed by atoms with E-state index < -0.39 is 11.9 Å². The summed E-state index contributed by atoms with van der Waals surface area (Å²) in [7, 11) is 0. The minimum Gasteiger partial charge on any atom is -0.481 e. The number of carboxylic acid groups (broad SMARTS) is 1. The molecule has 0 fully saturated rings. The summed E-state index contributed by atoms with van der Waals surface area (Å²) in [5.74, 6) is -1.74. The predicted molar refractivity (Wildman–Crippen MR) is 82.7 cm³/mol. The van der Waals surface area contributed by atoms with Crippen molar-refractivity contribution in [3.05, 3.63) is 57.8 Å². The molecule has 0 spiro atoms. The molecule has 0 aliphatic carbocycles. The van der Waals surface area contributed by atoms with Crippen molar-refractivity contribution in [1.29, 1.82) is 0 Å². The van der Waals surface area contributed by atoms with Crippen molar-refractivity contribution in [1.82, 2.24) is 5.32 Å². The summed E-state index contributed by atoms with van der Waals surface area (Å²) in [6.07, 6.45) is 0.403. The number of carboxylic acids is 1. The Labute approximate surface area is 127 Å². The quantitative estimate of drug-likeness (QED) is 0.862. The van der Waals surface area contributed by atoms with Gasteiger partial charge < -0.3 is 10.4 Å². The van der Waals surface area contributed by atoms with Gasteiger partial charge in [0.15, 0.2) is 0 Å². The molecule has 2 rings (SSSR count). The van der Waals surface area contributed by atoms with Gasteiger partial charge in [-0.2, -0.15) is 0 Å². The number of nitrogens with one attached hydrogen (secondary N) is 1. The lowest BCUT2D eigenvalue weighted by atomic mass is 9.99. The first-order chi connectivity index (χ1) is 10.1. The van der Waals surface area contributed by atoms with Crippen molar-refractivity contribution in [3.63, 3.8) is 0 Å². The third-order valence-electron chi connectivity index (χ3n) is 3.15. The molecule has 1 atom stereocenters. The Morgan fingerprint density at radius 2 is 1.90 bits per heavy atom. The average molecular weight is 303 g/mol. The van der Waals surface area contributed by atoms with E-state index in [2.05, 4.69) is 5.32 Å². The van der Waals surface area contributed by atoms with Crippen molar-refractivity contribution in [2.24, 2.45) is 5.92 Å². The molecule has 0 radical (unpaired) electrons. The number of amides is 1. The fraction of sp³-hybridized carbons (Fsp3) is 0.250. The molecule has 0 bridgehead atoms. The summed E-state index contributed by atoms with van der Waals surface area (Å²) in [5.41, 5.74) is 0.950. The van der Waals surface area contributed by atoms with Crippen LogP contribution in [0.15, 0.2) is 42.5 Å². The molecule has 0 aliphatic heterocycles. The topological polar surface area (TPSA) is 66.4 Å². The van der Waals surface area contributed by atoms with E-state index in [1.54, 1.807) is 6.07 Å². The maximum absolute atomic E-state index is 11.9. The highest BCUT2D eigenvalue weighted by molar-refractivity contribution is 7.13. The average Bonchev–Trinajstić information content (AvgIpc) is 2.90. The molecule has 110 valence electrons. The van der Waals surface area contributed by atoms with Gasteiger partial charge in [0.25, 0.3) is 5.91 Å². The monoisotopic (exact) mass is 303 g/mol. The second kappa shape index (κ2) is 7.04. The standard InChI is InChI=1S/C16H17NO3S/c1-11-7-8-14(21-11)15(18)17-10-13(16(19)20)9-12-5-3-2-4-6-12/h2-8,13H,9-10H2,1H3,(H,17,18)(H,19,20)/t13-/m1/s1. The Balaban J connectivity index is 1.94. The number of benzene rings is 1. The molecular formula is C16H17NO3S. The van der Waals surface area contributed by atoms with Crippen LogP contribution in [0.4, 0.5) is 0 Å². The van der Waals surface area contributed by atoms with Gasteiger partial charge in [0.05, 0.1) is 10.8 Å². The van der Waals surface area contributed by atoms with Crippen LogP contribution in [0.5, 0.6) is 0 Å². The highest BCUT2D eigenvalue weighted by Gasteiger charge is 2.19. The molecule has 1 heterocycles. The maximum atomic E-state index is 11.9. The lowest BCUT2D eigenvalue weighted by Crippen LogP contribution is -2.33. The van der Waals surface area contributed by atoms with E-state index in [0.717, 1.165) is 10.4 Å². The van der Waals surface area contributed by atoms with Crippen LogP contribution in [-0.2, 0) is 11.2 Å². The smallest absolute Gasteiger partial charge is 0.308 e. The van der Waals surface area contributed by atoms with Crippen molar-refractivity contribution < 1.29 is 14.7 Å². The zero-order chi connectivity index (χ0) is 15.2. The van der Waals surface area contributed by atoms with Crippen LogP contribution in [0.1, 0.15) is 20.1 Å². The number of carbonyl (C=O) groups excluding carboxylic acids is 1. The van der Waals surface area contributed by atoms with Gasteiger partial charge in [-0.25, -0.2) is 0 Å². The van der Waals surface area contributed by atoms with Crippen LogP contribution in [-0.4, -0.2) is 23.5 Å². The van der Waals surface area contributed by atoms with Crippen LogP contribution in [0.2, 0.25) is 0 Å². The molecule has 0 saturated heterocycles. The Morgan fingerprint density at radius 3 is 2.48 bits per heavy atom. The minimum atomic E-state index is -0.901. The van der Waals surface area contributed by atoms with E-state index in [9.17, 15) is 14.7 Å². The Kier molecular flexibility index (Phi) is 5.11. The minimum absolute atomic E-state index is 0.125. The maximum Gasteiger partial charge on any atom is 0.308 e. The van der Waals surface area contributed by atoms with Gasteiger partial charge in [0, 0.05) is 11.4 Å². The molecular weight excluding hydrogens is 286 g/mol. The Hall–Kier alpha value is -2.14. The van der Waals surface area contributed by atoms with Gasteiger partial charge >= 0.3 is 5.97 Å². The SMILES string of the molecule is Cc1ccc(C(=O)NC[C@@H](Cc2ccccc2)C(=O)O)s1. The first-order valence-corrected chi connectivity index (χ1v) is 7.49. The van der Waals surface area contributed by atoms with Crippen molar-refractivity contribution >= 4 is 23.2 Å². The summed E-state index contributed by atoms with van der Waals surface area (Å²) >= 11 is 1.40. The van der Waals surface area contributed by atoms with Crippen molar-refractivity contribution in [2.75, 3.05) is 6.54 Å². The summed E-state index contributed by atoms with van der Waals surface area (Å²) in [6, 6.07) is 13.0. The molecule has 4 nitrogen and oxygen atoms in total. The van der Waals surface area contributed by atoms with Gasteiger partial charge in [0.2, 0.25) is 0 Å². The van der Waals surface area contributed by atoms with Gasteiger partial charge in [-0.3, -0.25) is 9.59 Å². The third kappa shape index (κ3) is 4.43. The van der Waals surface area contributed by atoms with E-state index in [1.807, 2.05) is 43.3 Å². The molecule has 2 N–H and O–H groups in total. The zero-order valence-corrected chi connectivity index (χ0v) is 12.5. The van der Waals surface area contributed by atoms with E-state index >= 15 is 0 Å².